The summed E-state index contributed by atoms with van der Waals surface area (Å²) in [5, 5.41) is 6.51. The predicted molar refractivity (Wildman–Crippen MR) is 95.3 cm³/mol. The van der Waals surface area contributed by atoms with E-state index in [4.69, 9.17) is 21.7 Å². The Morgan fingerprint density at radius 2 is 2.22 bits per heavy atom. The molecule has 8 heteroatoms. The molecule has 23 heavy (non-hydrogen) atoms. The number of hydrogen-bond donors (Lipinski definition) is 2. The van der Waals surface area contributed by atoms with E-state index in [1.54, 1.807) is 14.2 Å². The van der Waals surface area contributed by atoms with E-state index < -0.39 is 0 Å². The first-order chi connectivity index (χ1) is 11.1. The molecule has 1 saturated heterocycles. The van der Waals surface area contributed by atoms with Crippen molar-refractivity contribution < 1.29 is 9.47 Å². The highest BCUT2D eigenvalue weighted by atomic mass is 32.1. The fourth-order valence-electron chi connectivity index (χ4n) is 2.57. The Labute approximate surface area is 142 Å². The first kappa shape index (κ1) is 17.7. The number of piperidine rings is 1. The van der Waals surface area contributed by atoms with E-state index in [1.807, 2.05) is 6.07 Å². The van der Waals surface area contributed by atoms with Gasteiger partial charge in [-0.2, -0.15) is 9.97 Å². The van der Waals surface area contributed by atoms with Gasteiger partial charge in [-0.15, -0.1) is 0 Å². The molecule has 1 aliphatic rings. The van der Waals surface area contributed by atoms with Gasteiger partial charge in [-0.1, -0.05) is 0 Å². The van der Waals surface area contributed by atoms with Crippen LogP contribution in [0.25, 0.3) is 0 Å². The summed E-state index contributed by atoms with van der Waals surface area (Å²) in [4.78, 5) is 11.2. The number of methoxy groups -OCH3 is 2. The van der Waals surface area contributed by atoms with Crippen LogP contribution in [0.1, 0.15) is 26.2 Å². The lowest BCUT2D eigenvalue weighted by Gasteiger charge is -2.34. The van der Waals surface area contributed by atoms with E-state index in [0.29, 0.717) is 36.1 Å². The quantitative estimate of drug-likeness (QED) is 0.600. The van der Waals surface area contributed by atoms with Gasteiger partial charge in [-0.3, -0.25) is 0 Å². The summed E-state index contributed by atoms with van der Waals surface area (Å²) in [6.45, 7) is 4.43. The van der Waals surface area contributed by atoms with Crippen LogP contribution in [0.2, 0.25) is 0 Å². The summed E-state index contributed by atoms with van der Waals surface area (Å²) in [6.07, 6.45) is 3.61. The largest absolute Gasteiger partial charge is 0.481 e. The van der Waals surface area contributed by atoms with Gasteiger partial charge >= 0.3 is 0 Å². The first-order valence-corrected chi connectivity index (χ1v) is 8.28. The highest BCUT2D eigenvalue weighted by Crippen LogP contribution is 2.26. The number of rotatable bonds is 6. The Balaban J connectivity index is 2.10. The molecule has 0 spiro atoms. The maximum Gasteiger partial charge on any atom is 0.234 e. The van der Waals surface area contributed by atoms with Crippen molar-refractivity contribution in [2.75, 3.05) is 44.1 Å². The van der Waals surface area contributed by atoms with Crippen LogP contribution in [0.5, 0.6) is 5.88 Å². The second kappa shape index (κ2) is 8.83. The minimum atomic E-state index is 0.437. The lowest BCUT2D eigenvalue weighted by Crippen LogP contribution is -2.38. The zero-order valence-electron chi connectivity index (χ0n) is 14.0. The second-order valence-corrected chi connectivity index (χ2v) is 5.91. The van der Waals surface area contributed by atoms with Crippen molar-refractivity contribution in [3.63, 3.8) is 0 Å². The van der Waals surface area contributed by atoms with Crippen LogP contribution in [0, 0.1) is 0 Å². The molecular formula is C15H25N5O2S. The van der Waals surface area contributed by atoms with Crippen LogP contribution >= 0.6 is 12.2 Å². The van der Waals surface area contributed by atoms with Crippen molar-refractivity contribution >= 4 is 29.1 Å². The molecule has 0 unspecified atom stereocenters. The maximum atomic E-state index is 5.30. The number of nitrogens with zero attached hydrogens (tertiary/aromatic N) is 3. The van der Waals surface area contributed by atoms with E-state index in [9.17, 15) is 0 Å². The van der Waals surface area contributed by atoms with Crippen molar-refractivity contribution in [1.82, 2.24) is 15.3 Å². The molecule has 1 aliphatic heterocycles. The van der Waals surface area contributed by atoms with Gasteiger partial charge in [0.2, 0.25) is 11.8 Å². The summed E-state index contributed by atoms with van der Waals surface area (Å²) in [7, 11) is 3.25. The van der Waals surface area contributed by atoms with Crippen LogP contribution in [0.15, 0.2) is 6.07 Å². The maximum absolute atomic E-state index is 5.30. The Morgan fingerprint density at radius 3 is 2.91 bits per heavy atom. The van der Waals surface area contributed by atoms with Gasteiger partial charge in [0, 0.05) is 32.3 Å². The Hall–Kier alpha value is -1.67. The number of ether oxygens (including phenoxy) is 2. The third-order valence-corrected chi connectivity index (χ3v) is 4.06. The summed E-state index contributed by atoms with van der Waals surface area (Å²) in [6, 6.07) is 2.33. The molecule has 0 aromatic carbocycles. The lowest BCUT2D eigenvalue weighted by atomic mass is 10.0. The fourth-order valence-corrected chi connectivity index (χ4v) is 2.76. The third-order valence-electron chi connectivity index (χ3n) is 3.81. The van der Waals surface area contributed by atoms with E-state index >= 15 is 0 Å². The van der Waals surface area contributed by atoms with Gasteiger partial charge in [0.15, 0.2) is 5.11 Å². The number of anilines is 2. The molecule has 0 saturated carbocycles. The van der Waals surface area contributed by atoms with Crippen LogP contribution in [0.3, 0.4) is 0 Å². The highest BCUT2D eigenvalue weighted by molar-refractivity contribution is 7.80. The molecular weight excluding hydrogens is 314 g/mol. The molecule has 0 amide bonds. The van der Waals surface area contributed by atoms with Gasteiger partial charge in [-0.05, 0) is 38.4 Å². The normalized spacial score (nSPS) is 17.7. The van der Waals surface area contributed by atoms with Crippen molar-refractivity contribution in [2.45, 2.75) is 32.2 Å². The molecule has 7 nitrogen and oxygen atoms in total. The monoisotopic (exact) mass is 339 g/mol. The zero-order valence-corrected chi connectivity index (χ0v) is 14.8. The van der Waals surface area contributed by atoms with Gasteiger partial charge in [0.1, 0.15) is 5.82 Å². The molecule has 1 fully saturated rings. The SMILES string of the molecule is COCCNC(=S)Nc1nc(OC)cc(N2CCCC[C@H]2C)n1. The second-order valence-electron chi connectivity index (χ2n) is 5.50. The van der Waals surface area contributed by atoms with E-state index in [2.05, 4.69) is 32.4 Å². The third kappa shape index (κ3) is 5.18. The molecule has 0 radical (unpaired) electrons. The van der Waals surface area contributed by atoms with Gasteiger partial charge in [-0.25, -0.2) is 0 Å². The highest BCUT2D eigenvalue weighted by Gasteiger charge is 2.21. The molecule has 2 rings (SSSR count). The predicted octanol–water partition coefficient (Wildman–Crippen LogP) is 1.80. The van der Waals surface area contributed by atoms with Crippen molar-refractivity contribution in [2.24, 2.45) is 0 Å². The number of nitrogens with one attached hydrogen (secondary N) is 2. The Bertz CT molecular complexity index is 529. The average Bonchev–Trinajstić information content (AvgIpc) is 2.55. The minimum absolute atomic E-state index is 0.437. The molecule has 0 aliphatic carbocycles. The molecule has 2 N–H and O–H groups in total. The minimum Gasteiger partial charge on any atom is -0.481 e. The van der Waals surface area contributed by atoms with E-state index in [1.165, 1.54) is 19.3 Å². The van der Waals surface area contributed by atoms with E-state index in [-0.39, 0.29) is 0 Å². The van der Waals surface area contributed by atoms with Crippen LogP contribution in [-0.2, 0) is 4.74 Å². The molecule has 1 aromatic rings. The molecule has 0 bridgehead atoms. The first-order valence-electron chi connectivity index (χ1n) is 7.87. The molecule has 1 aromatic heterocycles. The summed E-state index contributed by atoms with van der Waals surface area (Å²) >= 11 is 5.24. The Kier molecular flexibility index (Phi) is 6.79. The summed E-state index contributed by atoms with van der Waals surface area (Å²) in [5.74, 6) is 1.83. The molecule has 2 heterocycles. The van der Waals surface area contributed by atoms with Crippen LogP contribution < -0.4 is 20.3 Å². The Morgan fingerprint density at radius 1 is 1.39 bits per heavy atom. The van der Waals surface area contributed by atoms with Crippen molar-refractivity contribution in [3.8, 4) is 5.88 Å². The van der Waals surface area contributed by atoms with Gasteiger partial charge in [0.25, 0.3) is 0 Å². The van der Waals surface area contributed by atoms with Crippen molar-refractivity contribution in [3.05, 3.63) is 6.07 Å². The smallest absolute Gasteiger partial charge is 0.234 e. The summed E-state index contributed by atoms with van der Waals surface area (Å²) in [5.41, 5.74) is 0. The topological polar surface area (TPSA) is 71.5 Å². The fraction of sp³-hybridized carbons (Fsp3) is 0.667. The average molecular weight is 339 g/mol. The lowest BCUT2D eigenvalue weighted by molar-refractivity contribution is 0.204. The molecule has 1 atom stereocenters. The number of thiocarbonyl (C=S) groups is 1. The van der Waals surface area contributed by atoms with Gasteiger partial charge < -0.3 is 25.0 Å². The van der Waals surface area contributed by atoms with E-state index in [0.717, 1.165) is 12.4 Å². The number of hydrogen-bond acceptors (Lipinski definition) is 6. The number of aromatic nitrogens is 2. The van der Waals surface area contributed by atoms with Crippen molar-refractivity contribution in [1.29, 1.82) is 0 Å². The van der Waals surface area contributed by atoms with Gasteiger partial charge in [0.05, 0.1) is 13.7 Å². The summed E-state index contributed by atoms with van der Waals surface area (Å²) < 4.78 is 10.3. The van der Waals surface area contributed by atoms with Crippen LogP contribution in [-0.4, -0.2) is 55.0 Å². The zero-order chi connectivity index (χ0) is 16.7. The van der Waals surface area contributed by atoms with Crippen LogP contribution in [0.4, 0.5) is 11.8 Å². The standard InChI is InChI=1S/C15H25N5O2S/c1-11-6-4-5-8-20(11)12-10-13(22-3)18-14(17-12)19-15(23)16-7-9-21-2/h10-11H,4-9H2,1-3H3,(H2,16,17,18,19,23)/t11-/m1/s1. The molecule has 128 valence electrons.